The topological polar surface area (TPSA) is 56.1 Å². The van der Waals surface area contributed by atoms with Crippen LogP contribution in [-0.4, -0.2) is 29.4 Å². The molecule has 1 aromatic carbocycles. The van der Waals surface area contributed by atoms with Crippen LogP contribution in [0.2, 0.25) is 0 Å². The Morgan fingerprint density at radius 2 is 2.22 bits per heavy atom. The van der Waals surface area contributed by atoms with Crippen LogP contribution in [-0.2, 0) is 23.1 Å². The van der Waals surface area contributed by atoms with Crippen molar-refractivity contribution in [2.45, 2.75) is 25.8 Å². The summed E-state index contributed by atoms with van der Waals surface area (Å²) in [5.74, 6) is 0.109. The van der Waals surface area contributed by atoms with E-state index in [2.05, 4.69) is 22.5 Å². The number of benzene rings is 1. The summed E-state index contributed by atoms with van der Waals surface area (Å²) < 4.78 is 7.02. The number of hydrogen-bond donors (Lipinski definition) is 1. The molecule has 1 heterocycles. The van der Waals surface area contributed by atoms with Crippen molar-refractivity contribution >= 4 is 5.91 Å². The lowest BCUT2D eigenvalue weighted by Gasteiger charge is -2.39. The Balaban J connectivity index is 1.65. The minimum atomic E-state index is -0.310. The first-order valence-corrected chi connectivity index (χ1v) is 7.98. The summed E-state index contributed by atoms with van der Waals surface area (Å²) in [4.78, 5) is 12.5. The maximum Gasteiger partial charge on any atom is 0.228 e. The van der Waals surface area contributed by atoms with Gasteiger partial charge in [0.2, 0.25) is 5.91 Å². The molecular weight excluding hydrogens is 290 g/mol. The molecule has 0 bridgehead atoms. The summed E-state index contributed by atoms with van der Waals surface area (Å²) in [5, 5.41) is 7.27. The Morgan fingerprint density at radius 1 is 1.39 bits per heavy atom. The fraction of sp³-hybridized carbons (Fsp3) is 0.444. The summed E-state index contributed by atoms with van der Waals surface area (Å²) in [7, 11) is 3.56. The minimum absolute atomic E-state index is 0.109. The number of rotatable bonds is 6. The van der Waals surface area contributed by atoms with Crippen LogP contribution in [0.3, 0.4) is 0 Å². The van der Waals surface area contributed by atoms with Gasteiger partial charge in [0.05, 0.1) is 18.2 Å². The van der Waals surface area contributed by atoms with Gasteiger partial charge < -0.3 is 10.1 Å². The molecule has 1 aliphatic carbocycles. The first-order chi connectivity index (χ1) is 11.1. The van der Waals surface area contributed by atoms with Crippen LogP contribution in [0.25, 0.3) is 11.1 Å². The second-order valence-electron chi connectivity index (χ2n) is 6.35. The lowest BCUT2D eigenvalue weighted by Crippen LogP contribution is -2.48. The highest BCUT2D eigenvalue weighted by Crippen LogP contribution is 2.41. The van der Waals surface area contributed by atoms with E-state index in [0.717, 1.165) is 36.0 Å². The van der Waals surface area contributed by atoms with E-state index in [-0.39, 0.29) is 11.3 Å². The molecule has 5 heteroatoms. The van der Waals surface area contributed by atoms with Crippen LogP contribution in [0.4, 0.5) is 0 Å². The van der Waals surface area contributed by atoms with E-state index in [1.807, 2.05) is 31.6 Å². The molecule has 122 valence electrons. The minimum Gasteiger partial charge on any atom is -0.384 e. The Morgan fingerprint density at radius 3 is 2.83 bits per heavy atom. The quantitative estimate of drug-likeness (QED) is 0.891. The number of aryl methyl sites for hydroxylation is 1. The molecule has 0 radical (unpaired) electrons. The standard InChI is InChI=1S/C18H23N3O2/c1-21-12-16(11-20-21)15-6-3-5-14(9-15)10-19-17(22)18(13-23-2)7-4-8-18/h3,5-6,9,11-12H,4,7-8,10,13H2,1-2H3,(H,19,22). The van der Waals surface area contributed by atoms with Gasteiger partial charge in [0.25, 0.3) is 0 Å². The molecule has 1 N–H and O–H groups in total. The Kier molecular flexibility index (Phi) is 4.48. The Bertz CT molecular complexity index is 689. The van der Waals surface area contributed by atoms with Gasteiger partial charge in [-0.1, -0.05) is 24.6 Å². The summed E-state index contributed by atoms with van der Waals surface area (Å²) in [6.45, 7) is 1.05. The van der Waals surface area contributed by atoms with Crippen molar-refractivity contribution in [3.8, 4) is 11.1 Å². The highest BCUT2D eigenvalue weighted by atomic mass is 16.5. The monoisotopic (exact) mass is 313 g/mol. The molecule has 0 saturated heterocycles. The normalized spacial score (nSPS) is 15.9. The predicted molar refractivity (Wildman–Crippen MR) is 88.7 cm³/mol. The second-order valence-corrected chi connectivity index (χ2v) is 6.35. The lowest BCUT2D eigenvalue weighted by molar-refractivity contribution is -0.140. The molecule has 0 unspecified atom stereocenters. The molecule has 1 fully saturated rings. The molecular formula is C18H23N3O2. The molecule has 0 atom stereocenters. The van der Waals surface area contributed by atoms with Gasteiger partial charge in [0.15, 0.2) is 0 Å². The molecule has 1 saturated carbocycles. The van der Waals surface area contributed by atoms with Crippen molar-refractivity contribution in [1.29, 1.82) is 0 Å². The van der Waals surface area contributed by atoms with Gasteiger partial charge in [-0.2, -0.15) is 5.10 Å². The number of nitrogens with zero attached hydrogens (tertiary/aromatic N) is 2. The zero-order valence-electron chi connectivity index (χ0n) is 13.7. The van der Waals surface area contributed by atoms with E-state index < -0.39 is 0 Å². The molecule has 23 heavy (non-hydrogen) atoms. The van der Waals surface area contributed by atoms with E-state index in [0.29, 0.717) is 13.2 Å². The summed E-state index contributed by atoms with van der Waals surface area (Å²) >= 11 is 0. The number of hydrogen-bond acceptors (Lipinski definition) is 3. The maximum absolute atomic E-state index is 12.5. The number of amides is 1. The molecule has 3 rings (SSSR count). The largest absolute Gasteiger partial charge is 0.384 e. The summed E-state index contributed by atoms with van der Waals surface area (Å²) in [6.07, 6.45) is 6.78. The van der Waals surface area contributed by atoms with Gasteiger partial charge in [0, 0.05) is 32.5 Å². The van der Waals surface area contributed by atoms with Crippen LogP contribution in [0, 0.1) is 5.41 Å². The zero-order chi connectivity index (χ0) is 16.3. The van der Waals surface area contributed by atoms with Crippen molar-refractivity contribution in [3.05, 3.63) is 42.2 Å². The Labute approximate surface area is 136 Å². The van der Waals surface area contributed by atoms with Crippen LogP contribution >= 0.6 is 0 Å². The van der Waals surface area contributed by atoms with Gasteiger partial charge in [-0.05, 0) is 30.0 Å². The number of methoxy groups -OCH3 is 1. The Hall–Kier alpha value is -2.14. The average Bonchev–Trinajstić information content (AvgIpc) is 2.95. The number of nitrogens with one attached hydrogen (secondary N) is 1. The van der Waals surface area contributed by atoms with Crippen molar-refractivity contribution < 1.29 is 9.53 Å². The molecule has 5 nitrogen and oxygen atoms in total. The SMILES string of the molecule is COCC1(C(=O)NCc2cccc(-c3cnn(C)c3)c2)CCC1. The van der Waals surface area contributed by atoms with E-state index >= 15 is 0 Å². The molecule has 0 spiro atoms. The zero-order valence-corrected chi connectivity index (χ0v) is 13.7. The lowest BCUT2D eigenvalue weighted by atomic mass is 9.68. The fourth-order valence-corrected chi connectivity index (χ4v) is 3.12. The number of carbonyl (C=O) groups excluding carboxylic acids is 1. The third-order valence-corrected chi connectivity index (χ3v) is 4.63. The van der Waals surface area contributed by atoms with E-state index in [1.165, 1.54) is 0 Å². The molecule has 1 aromatic heterocycles. The van der Waals surface area contributed by atoms with Crippen molar-refractivity contribution in [2.75, 3.05) is 13.7 Å². The van der Waals surface area contributed by atoms with E-state index in [4.69, 9.17) is 4.74 Å². The number of carbonyl (C=O) groups is 1. The fourth-order valence-electron chi connectivity index (χ4n) is 3.12. The first kappa shape index (κ1) is 15.7. The van der Waals surface area contributed by atoms with Gasteiger partial charge in [-0.15, -0.1) is 0 Å². The van der Waals surface area contributed by atoms with E-state index in [9.17, 15) is 4.79 Å². The summed E-state index contributed by atoms with van der Waals surface area (Å²) in [6, 6.07) is 8.20. The van der Waals surface area contributed by atoms with E-state index in [1.54, 1.807) is 11.8 Å². The van der Waals surface area contributed by atoms with Gasteiger partial charge in [-0.25, -0.2) is 0 Å². The first-order valence-electron chi connectivity index (χ1n) is 7.98. The van der Waals surface area contributed by atoms with Gasteiger partial charge in [0.1, 0.15) is 0 Å². The maximum atomic E-state index is 12.5. The third-order valence-electron chi connectivity index (χ3n) is 4.63. The van der Waals surface area contributed by atoms with Crippen LogP contribution in [0.5, 0.6) is 0 Å². The average molecular weight is 313 g/mol. The number of aromatic nitrogens is 2. The highest BCUT2D eigenvalue weighted by molar-refractivity contribution is 5.83. The second kappa shape index (κ2) is 6.54. The number of ether oxygens (including phenoxy) is 1. The third kappa shape index (κ3) is 3.29. The summed E-state index contributed by atoms with van der Waals surface area (Å²) in [5.41, 5.74) is 2.97. The van der Waals surface area contributed by atoms with Crippen LogP contribution in [0.15, 0.2) is 36.7 Å². The van der Waals surface area contributed by atoms with Gasteiger partial charge >= 0.3 is 0 Å². The van der Waals surface area contributed by atoms with Crippen molar-refractivity contribution in [2.24, 2.45) is 12.5 Å². The molecule has 2 aromatic rings. The molecule has 1 aliphatic rings. The smallest absolute Gasteiger partial charge is 0.228 e. The van der Waals surface area contributed by atoms with Gasteiger partial charge in [-0.3, -0.25) is 9.48 Å². The highest BCUT2D eigenvalue weighted by Gasteiger charge is 2.43. The molecule has 0 aliphatic heterocycles. The molecule has 1 amide bonds. The van der Waals surface area contributed by atoms with Crippen LogP contribution < -0.4 is 5.32 Å². The van der Waals surface area contributed by atoms with Crippen LogP contribution in [0.1, 0.15) is 24.8 Å². The predicted octanol–water partition coefficient (Wildman–Crippen LogP) is 2.52. The van der Waals surface area contributed by atoms with Crippen molar-refractivity contribution in [3.63, 3.8) is 0 Å². The van der Waals surface area contributed by atoms with Crippen molar-refractivity contribution in [1.82, 2.24) is 15.1 Å².